The molecule has 0 atom stereocenters. The lowest BCUT2D eigenvalue weighted by molar-refractivity contribution is -0.892. The van der Waals surface area contributed by atoms with Crippen molar-refractivity contribution in [2.45, 2.75) is 33.6 Å². The summed E-state index contributed by atoms with van der Waals surface area (Å²) >= 11 is 0. The average Bonchev–Trinajstić information content (AvgIpc) is 2.72. The van der Waals surface area contributed by atoms with E-state index in [0.29, 0.717) is 6.54 Å². The predicted molar refractivity (Wildman–Crippen MR) is 119 cm³/mol. The molecule has 1 aliphatic heterocycles. The van der Waals surface area contributed by atoms with Crippen LogP contribution >= 0.6 is 0 Å². The third kappa shape index (κ3) is 5.97. The van der Waals surface area contributed by atoms with Gasteiger partial charge in [-0.2, -0.15) is 0 Å². The van der Waals surface area contributed by atoms with Crippen LogP contribution in [0.3, 0.4) is 0 Å². The SMILES string of the molecule is CCCCOc1ccc(NC(=O)C[NH+]2CCN(c3cccc(C)c3C)CC2)cc1. The Kier molecular flexibility index (Phi) is 7.53. The topological polar surface area (TPSA) is 46.0 Å². The monoisotopic (exact) mass is 396 g/mol. The molecule has 5 nitrogen and oxygen atoms in total. The summed E-state index contributed by atoms with van der Waals surface area (Å²) < 4.78 is 5.67. The Bertz CT molecular complexity index is 796. The van der Waals surface area contributed by atoms with E-state index >= 15 is 0 Å². The van der Waals surface area contributed by atoms with Gasteiger partial charge in [-0.1, -0.05) is 25.5 Å². The first-order valence-electron chi connectivity index (χ1n) is 10.7. The van der Waals surface area contributed by atoms with Crippen LogP contribution in [0.4, 0.5) is 11.4 Å². The maximum absolute atomic E-state index is 12.4. The van der Waals surface area contributed by atoms with Crippen molar-refractivity contribution in [3.8, 4) is 5.75 Å². The molecule has 1 aliphatic rings. The highest BCUT2D eigenvalue weighted by molar-refractivity contribution is 5.91. The fourth-order valence-electron chi connectivity index (χ4n) is 3.72. The number of quaternary nitrogens is 1. The van der Waals surface area contributed by atoms with Gasteiger partial charge in [0.2, 0.25) is 0 Å². The molecule has 1 heterocycles. The first-order chi connectivity index (χ1) is 14.1. The molecule has 156 valence electrons. The molecule has 29 heavy (non-hydrogen) atoms. The number of nitrogens with zero attached hydrogens (tertiary/aromatic N) is 1. The van der Waals surface area contributed by atoms with Gasteiger partial charge in [0, 0.05) is 11.4 Å². The van der Waals surface area contributed by atoms with Crippen LogP contribution < -0.4 is 19.9 Å². The number of carbonyl (C=O) groups is 1. The van der Waals surface area contributed by atoms with Crippen molar-refractivity contribution in [1.82, 2.24) is 0 Å². The molecule has 0 spiro atoms. The second kappa shape index (κ2) is 10.3. The third-order valence-corrected chi connectivity index (χ3v) is 5.70. The number of piperazine rings is 1. The molecule has 0 aliphatic carbocycles. The van der Waals surface area contributed by atoms with E-state index in [1.165, 1.54) is 21.7 Å². The summed E-state index contributed by atoms with van der Waals surface area (Å²) in [7, 11) is 0. The summed E-state index contributed by atoms with van der Waals surface area (Å²) in [6.45, 7) is 11.7. The van der Waals surface area contributed by atoms with E-state index in [9.17, 15) is 4.79 Å². The second-order valence-electron chi connectivity index (χ2n) is 7.91. The normalized spacial score (nSPS) is 14.7. The highest BCUT2D eigenvalue weighted by Crippen LogP contribution is 2.22. The summed E-state index contributed by atoms with van der Waals surface area (Å²) in [5.41, 5.74) is 4.84. The van der Waals surface area contributed by atoms with Gasteiger partial charge in [-0.25, -0.2) is 0 Å². The molecule has 0 saturated carbocycles. The maximum Gasteiger partial charge on any atom is 0.279 e. The van der Waals surface area contributed by atoms with Crippen molar-refractivity contribution in [2.75, 3.05) is 49.5 Å². The molecular weight excluding hydrogens is 362 g/mol. The van der Waals surface area contributed by atoms with Gasteiger partial charge in [0.15, 0.2) is 6.54 Å². The van der Waals surface area contributed by atoms with Gasteiger partial charge in [-0.3, -0.25) is 4.79 Å². The van der Waals surface area contributed by atoms with Crippen LogP contribution in [0.2, 0.25) is 0 Å². The average molecular weight is 397 g/mol. The van der Waals surface area contributed by atoms with Gasteiger partial charge in [-0.05, 0) is 61.7 Å². The number of aryl methyl sites for hydroxylation is 1. The van der Waals surface area contributed by atoms with Crippen LogP contribution in [0.1, 0.15) is 30.9 Å². The molecule has 2 aromatic carbocycles. The number of hydrogen-bond donors (Lipinski definition) is 2. The quantitative estimate of drug-likeness (QED) is 0.675. The molecule has 5 heteroatoms. The molecule has 1 fully saturated rings. The van der Waals surface area contributed by atoms with Crippen molar-refractivity contribution in [2.24, 2.45) is 0 Å². The molecule has 1 amide bonds. The minimum Gasteiger partial charge on any atom is -0.494 e. The summed E-state index contributed by atoms with van der Waals surface area (Å²) in [5, 5.41) is 3.01. The third-order valence-electron chi connectivity index (χ3n) is 5.70. The van der Waals surface area contributed by atoms with Crippen LogP contribution in [-0.4, -0.2) is 45.2 Å². The van der Waals surface area contributed by atoms with Crippen molar-refractivity contribution >= 4 is 17.3 Å². The molecule has 2 N–H and O–H groups in total. The van der Waals surface area contributed by atoms with Gasteiger partial charge in [-0.15, -0.1) is 0 Å². The Labute approximate surface area is 174 Å². The Balaban J connectivity index is 1.44. The zero-order valence-corrected chi connectivity index (χ0v) is 18.0. The van der Waals surface area contributed by atoms with E-state index in [1.807, 2.05) is 24.3 Å². The Morgan fingerprint density at radius 3 is 2.52 bits per heavy atom. The number of hydrogen-bond acceptors (Lipinski definition) is 3. The van der Waals surface area contributed by atoms with Crippen molar-refractivity contribution in [1.29, 1.82) is 0 Å². The highest BCUT2D eigenvalue weighted by Gasteiger charge is 2.23. The van der Waals surface area contributed by atoms with Crippen LogP contribution in [0.15, 0.2) is 42.5 Å². The lowest BCUT2D eigenvalue weighted by Crippen LogP contribution is -3.15. The number of carbonyl (C=O) groups excluding carboxylic acids is 1. The minimum atomic E-state index is 0.0693. The summed E-state index contributed by atoms with van der Waals surface area (Å²) in [6.07, 6.45) is 2.17. The summed E-state index contributed by atoms with van der Waals surface area (Å²) in [6, 6.07) is 14.1. The largest absolute Gasteiger partial charge is 0.494 e. The zero-order valence-electron chi connectivity index (χ0n) is 18.0. The first-order valence-corrected chi connectivity index (χ1v) is 10.7. The van der Waals surface area contributed by atoms with Crippen LogP contribution in [-0.2, 0) is 4.79 Å². The maximum atomic E-state index is 12.4. The Morgan fingerprint density at radius 2 is 1.83 bits per heavy atom. The molecule has 1 saturated heterocycles. The van der Waals surface area contributed by atoms with Gasteiger partial charge in [0.1, 0.15) is 5.75 Å². The number of amides is 1. The number of ether oxygens (including phenoxy) is 1. The number of rotatable bonds is 8. The van der Waals surface area contributed by atoms with Crippen LogP contribution in [0.25, 0.3) is 0 Å². The smallest absolute Gasteiger partial charge is 0.279 e. The van der Waals surface area contributed by atoms with Gasteiger partial charge in [0.05, 0.1) is 32.8 Å². The van der Waals surface area contributed by atoms with E-state index in [1.54, 1.807) is 0 Å². The van der Waals surface area contributed by atoms with Crippen LogP contribution in [0, 0.1) is 13.8 Å². The molecular formula is C24H34N3O2+. The molecule has 0 aromatic heterocycles. The van der Waals surface area contributed by atoms with E-state index in [0.717, 1.165) is 57.1 Å². The number of unbranched alkanes of at least 4 members (excludes halogenated alkanes) is 1. The number of benzene rings is 2. The zero-order chi connectivity index (χ0) is 20.6. The number of nitrogens with one attached hydrogen (secondary N) is 2. The van der Waals surface area contributed by atoms with E-state index in [2.05, 4.69) is 49.2 Å². The van der Waals surface area contributed by atoms with Crippen molar-refractivity contribution in [3.05, 3.63) is 53.6 Å². The highest BCUT2D eigenvalue weighted by atomic mass is 16.5. The molecule has 0 unspecified atom stereocenters. The van der Waals surface area contributed by atoms with Gasteiger partial charge in [0.25, 0.3) is 5.91 Å². The number of anilines is 2. The molecule has 0 radical (unpaired) electrons. The fourth-order valence-corrected chi connectivity index (χ4v) is 3.72. The van der Waals surface area contributed by atoms with Gasteiger partial charge >= 0.3 is 0 Å². The Hall–Kier alpha value is -2.53. The Morgan fingerprint density at radius 1 is 1.10 bits per heavy atom. The van der Waals surface area contributed by atoms with Crippen molar-refractivity contribution < 1.29 is 14.4 Å². The minimum absolute atomic E-state index is 0.0693. The van der Waals surface area contributed by atoms with Gasteiger partial charge < -0.3 is 19.9 Å². The first kappa shape index (κ1) is 21.2. The lowest BCUT2D eigenvalue weighted by Gasteiger charge is -2.34. The summed E-state index contributed by atoms with van der Waals surface area (Å²) in [5.74, 6) is 0.921. The van der Waals surface area contributed by atoms with E-state index in [4.69, 9.17) is 4.74 Å². The molecule has 0 bridgehead atoms. The predicted octanol–water partition coefficient (Wildman–Crippen LogP) is 2.83. The summed E-state index contributed by atoms with van der Waals surface area (Å²) in [4.78, 5) is 16.2. The molecule has 3 rings (SSSR count). The van der Waals surface area contributed by atoms with Crippen LogP contribution in [0.5, 0.6) is 5.75 Å². The van der Waals surface area contributed by atoms with Crippen molar-refractivity contribution in [3.63, 3.8) is 0 Å². The van der Waals surface area contributed by atoms with E-state index < -0.39 is 0 Å². The lowest BCUT2D eigenvalue weighted by atomic mass is 10.1. The second-order valence-corrected chi connectivity index (χ2v) is 7.91. The standard InChI is InChI=1S/C24H33N3O2/c1-4-5-17-29-22-11-9-21(10-12-22)25-24(28)18-26-13-15-27(16-14-26)23-8-6-7-19(2)20(23)3/h6-12H,4-5,13-18H2,1-3H3,(H,25,28)/p+1. The fraction of sp³-hybridized carbons (Fsp3) is 0.458. The molecule has 2 aromatic rings. The van der Waals surface area contributed by atoms with E-state index in [-0.39, 0.29) is 5.91 Å².